The summed E-state index contributed by atoms with van der Waals surface area (Å²) in [7, 11) is 0. The molecule has 2 aromatic heterocycles. The van der Waals surface area contributed by atoms with Gasteiger partial charge in [0.15, 0.2) is 36.4 Å². The molecule has 5 N–H and O–H groups in total. The highest BCUT2D eigenvalue weighted by Crippen LogP contribution is 2.29. The molecule has 296 valence electrons. The van der Waals surface area contributed by atoms with Crippen molar-refractivity contribution in [1.82, 2.24) is 14.7 Å². The first-order chi connectivity index (χ1) is 26.2. The van der Waals surface area contributed by atoms with Crippen LogP contribution in [0.5, 0.6) is 0 Å². The van der Waals surface area contributed by atoms with Crippen molar-refractivity contribution < 1.29 is 47.7 Å². The predicted molar refractivity (Wildman–Crippen MR) is 198 cm³/mol. The number of benzene rings is 2. The molecule has 19 nitrogen and oxygen atoms in total. The molecule has 0 saturated heterocycles. The van der Waals surface area contributed by atoms with Crippen LogP contribution >= 0.6 is 11.8 Å². The van der Waals surface area contributed by atoms with Crippen molar-refractivity contribution in [2.24, 2.45) is 16.7 Å². The van der Waals surface area contributed by atoms with Crippen LogP contribution in [0.3, 0.4) is 0 Å². The zero-order valence-corrected chi connectivity index (χ0v) is 31.5. The second-order valence-corrected chi connectivity index (χ2v) is 13.6. The number of carbonyl (C=O) groups is 2. The Morgan fingerprint density at radius 3 is 2.45 bits per heavy atom. The number of thioether (sulfide) groups is 1. The van der Waals surface area contributed by atoms with Crippen LogP contribution in [-0.4, -0.2) is 74.3 Å². The third-order valence-electron chi connectivity index (χ3n) is 7.69. The van der Waals surface area contributed by atoms with Crippen LogP contribution < -0.4 is 17.4 Å². The van der Waals surface area contributed by atoms with E-state index in [1.165, 1.54) is 32.5 Å². The fourth-order valence-electron chi connectivity index (χ4n) is 5.19. The summed E-state index contributed by atoms with van der Waals surface area (Å²) in [6.07, 6.45) is 0.257. The Kier molecular flexibility index (Phi) is 14.8. The number of aryl methyl sites for hydroxylation is 2. The van der Waals surface area contributed by atoms with E-state index >= 15 is 0 Å². The minimum absolute atomic E-state index is 0.0102. The zero-order valence-electron chi connectivity index (χ0n) is 30.7. The Morgan fingerprint density at radius 1 is 1.09 bits per heavy atom. The molecule has 0 amide bonds. The van der Waals surface area contributed by atoms with Crippen molar-refractivity contribution in [1.29, 1.82) is 0 Å². The molecule has 20 heteroatoms. The maximum atomic E-state index is 13.6. The molecule has 0 atom stereocenters. The number of esters is 1. The second-order valence-electron chi connectivity index (χ2n) is 12.3. The number of imidazole rings is 1. The van der Waals surface area contributed by atoms with Gasteiger partial charge in [0.05, 0.1) is 0 Å². The first-order valence-electron chi connectivity index (χ1n) is 17.0. The summed E-state index contributed by atoms with van der Waals surface area (Å²) in [5.41, 5.74) is 7.95. The maximum absolute atomic E-state index is 13.6. The first kappa shape index (κ1) is 41.9. The van der Waals surface area contributed by atoms with Gasteiger partial charge in [0.1, 0.15) is 30.3 Å². The molecule has 0 aliphatic rings. The van der Waals surface area contributed by atoms with Crippen LogP contribution in [0.15, 0.2) is 67.3 Å². The van der Waals surface area contributed by atoms with Crippen LogP contribution in [0, 0.1) is 17.0 Å². The Bertz CT molecular complexity index is 2020. The molecule has 0 aliphatic carbocycles. The molecule has 0 fully saturated rings. The highest BCUT2D eigenvalue weighted by atomic mass is 32.2. The normalized spacial score (nSPS) is 11.6. The summed E-state index contributed by atoms with van der Waals surface area (Å²) >= 11 is 1.30. The summed E-state index contributed by atoms with van der Waals surface area (Å²) in [5, 5.41) is 25.3. The molecule has 0 radical (unpaired) electrons. The Balaban J connectivity index is 1.46. The molecule has 2 aromatic carbocycles. The van der Waals surface area contributed by atoms with E-state index in [0.717, 1.165) is 28.2 Å². The van der Waals surface area contributed by atoms with E-state index in [2.05, 4.69) is 14.9 Å². The van der Waals surface area contributed by atoms with Crippen LogP contribution in [0.2, 0.25) is 0 Å². The van der Waals surface area contributed by atoms with E-state index in [0.29, 0.717) is 29.3 Å². The number of hydrazone groups is 1. The van der Waals surface area contributed by atoms with Gasteiger partial charge in [0, 0.05) is 30.0 Å². The van der Waals surface area contributed by atoms with Crippen LogP contribution in [0.1, 0.15) is 71.8 Å². The number of amidine groups is 1. The summed E-state index contributed by atoms with van der Waals surface area (Å²) in [6.45, 7) is 5.90. The molecule has 0 unspecified atom stereocenters. The Labute approximate surface area is 319 Å². The van der Waals surface area contributed by atoms with Crippen molar-refractivity contribution in [2.45, 2.75) is 59.3 Å². The molecule has 55 heavy (non-hydrogen) atoms. The molecular formula is C35H43N7O12S. The zero-order chi connectivity index (χ0) is 40.1. The van der Waals surface area contributed by atoms with Gasteiger partial charge in [-0.2, -0.15) is 16.9 Å². The van der Waals surface area contributed by atoms with Crippen molar-refractivity contribution in [2.75, 3.05) is 31.5 Å². The predicted octanol–water partition coefficient (Wildman–Crippen LogP) is 3.84. The SMILES string of the molecule is CCCc1nc(C(C)(C)O)c(C(=O)OCc2oc(=O)oc2C)n1Cc1ccc(-c2ccccc2/C(N)=N/N(N)COC(=O)OCCSCCO[N+](=O)[O-])cc1. The lowest BCUT2D eigenvalue weighted by Crippen LogP contribution is -2.33. The van der Waals surface area contributed by atoms with Gasteiger partial charge in [-0.25, -0.2) is 25.2 Å². The summed E-state index contributed by atoms with van der Waals surface area (Å²) in [4.78, 5) is 56.0. The average molecular weight is 786 g/mol. The monoisotopic (exact) mass is 785 g/mol. The molecule has 4 aromatic rings. The molecule has 0 saturated carbocycles. The van der Waals surface area contributed by atoms with Gasteiger partial charge in [-0.1, -0.05) is 55.5 Å². The Hall–Kier alpha value is -5.86. The van der Waals surface area contributed by atoms with Crippen molar-refractivity contribution >= 4 is 29.7 Å². The average Bonchev–Trinajstić information content (AvgIpc) is 3.67. The molecular weight excluding hydrogens is 742 g/mol. The van der Waals surface area contributed by atoms with Gasteiger partial charge in [-0.05, 0) is 43.9 Å². The third kappa shape index (κ3) is 12.1. The summed E-state index contributed by atoms with van der Waals surface area (Å²) in [5.74, 6) is 5.85. The van der Waals surface area contributed by atoms with E-state index in [1.54, 1.807) is 16.7 Å². The molecule has 0 bridgehead atoms. The lowest BCUT2D eigenvalue weighted by Gasteiger charge is -2.18. The standard InChI is InChI=1S/C35H43N7O12S/c1-5-8-28-38-30(35(3,4)46)29(32(43)50-20-27-22(2)53-34(45)54-27)40(28)19-23-11-13-24(14-12-23)25-9-6-7-10-26(25)31(36)39-41(37)21-51-33(44)49-15-17-55-18-16-52-42(47)48/h6-7,9-14,46H,5,8,15-21,37H2,1-4H3,(H2,36,39). The lowest BCUT2D eigenvalue weighted by atomic mass is 9.98. The number of ether oxygens (including phenoxy) is 3. The van der Waals surface area contributed by atoms with Crippen molar-refractivity contribution in [3.63, 3.8) is 0 Å². The quantitative estimate of drug-likeness (QED) is 0.0168. The van der Waals surface area contributed by atoms with Gasteiger partial charge >= 0.3 is 17.9 Å². The lowest BCUT2D eigenvalue weighted by molar-refractivity contribution is -0.756. The summed E-state index contributed by atoms with van der Waals surface area (Å²) in [6, 6.07) is 14.7. The highest BCUT2D eigenvalue weighted by Gasteiger charge is 2.33. The van der Waals surface area contributed by atoms with E-state index in [9.17, 15) is 29.6 Å². The minimum atomic E-state index is -1.48. The second kappa shape index (κ2) is 19.5. The number of hydrazine groups is 1. The van der Waals surface area contributed by atoms with E-state index in [1.807, 2.05) is 43.3 Å². The number of hydrogen-bond acceptors (Lipinski definition) is 17. The number of aromatic nitrogens is 2. The first-order valence-corrected chi connectivity index (χ1v) is 18.1. The number of rotatable bonds is 20. The van der Waals surface area contributed by atoms with E-state index in [4.69, 9.17) is 34.6 Å². The van der Waals surface area contributed by atoms with Gasteiger partial charge < -0.3 is 43.3 Å². The molecule has 4 rings (SSSR count). The van der Waals surface area contributed by atoms with Gasteiger partial charge in [0.2, 0.25) is 0 Å². The van der Waals surface area contributed by atoms with Gasteiger partial charge in [-0.15, -0.1) is 15.2 Å². The van der Waals surface area contributed by atoms with Crippen molar-refractivity contribution in [3.8, 4) is 11.1 Å². The van der Waals surface area contributed by atoms with Crippen LogP contribution in [-0.2, 0) is 44.2 Å². The van der Waals surface area contributed by atoms with Crippen LogP contribution in [0.25, 0.3) is 11.1 Å². The smallest absolute Gasteiger partial charge is 0.453 e. The summed E-state index contributed by atoms with van der Waals surface area (Å²) < 4.78 is 27.0. The fourth-order valence-corrected chi connectivity index (χ4v) is 5.79. The minimum Gasteiger partial charge on any atom is -0.453 e. The number of nitrogens with zero attached hydrogens (tertiary/aromatic N) is 5. The topological polar surface area (TPSA) is 263 Å². The molecule has 0 spiro atoms. The fraction of sp³-hybridized carbons (Fsp3) is 0.400. The van der Waals surface area contributed by atoms with E-state index < -0.39 is 35.4 Å². The molecule has 0 aliphatic heterocycles. The third-order valence-corrected chi connectivity index (χ3v) is 8.61. The van der Waals surface area contributed by atoms with Crippen molar-refractivity contribution in [3.05, 3.63) is 109 Å². The highest BCUT2D eigenvalue weighted by molar-refractivity contribution is 7.99. The number of nitrogens with two attached hydrogens (primary N) is 2. The van der Waals surface area contributed by atoms with Gasteiger partial charge in [-0.3, -0.25) is 0 Å². The maximum Gasteiger partial charge on any atom is 0.519 e. The Morgan fingerprint density at radius 2 is 1.80 bits per heavy atom. The molecule has 2 heterocycles. The number of carbonyl (C=O) groups excluding carboxylic acids is 2. The number of aliphatic hydroxyl groups is 1. The largest absolute Gasteiger partial charge is 0.519 e. The van der Waals surface area contributed by atoms with E-state index in [-0.39, 0.29) is 55.1 Å². The van der Waals surface area contributed by atoms with Crippen LogP contribution in [0.4, 0.5) is 4.79 Å². The number of hydrogen-bond donors (Lipinski definition) is 3. The van der Waals surface area contributed by atoms with Gasteiger partial charge in [0.25, 0.3) is 5.09 Å².